The molecule has 1 fully saturated rings. The molecule has 1 amide bonds. The molecular formula is C30H29Cl3N4O4S. The number of anilines is 1. The number of ether oxygens (including phenoxy) is 1. The number of pyridine rings is 1. The van der Waals surface area contributed by atoms with E-state index in [0.29, 0.717) is 0 Å². The maximum absolute atomic E-state index is 13.0. The quantitative estimate of drug-likeness (QED) is 0.223. The topological polar surface area (TPSA) is 101 Å². The van der Waals surface area contributed by atoms with Crippen LogP contribution in [0.3, 0.4) is 0 Å². The largest absolute Gasteiger partial charge is 0.436 e. The maximum atomic E-state index is 13.0. The van der Waals surface area contributed by atoms with E-state index in [0.717, 1.165) is 19.5 Å². The summed E-state index contributed by atoms with van der Waals surface area (Å²) in [4.78, 5) is 19.1. The Hall–Kier alpha value is -3.34. The molecule has 0 aliphatic carbocycles. The summed E-state index contributed by atoms with van der Waals surface area (Å²) in [6.07, 6.45) is 2.16. The third kappa shape index (κ3) is 8.59. The Labute approximate surface area is 260 Å². The number of likely N-dealkylation sites (tertiary alicyclic amines) is 1. The normalized spacial score (nSPS) is 14.9. The lowest BCUT2D eigenvalue weighted by atomic mass is 10.1. The van der Waals surface area contributed by atoms with Crippen LogP contribution < -0.4 is 14.8 Å². The van der Waals surface area contributed by atoms with Crippen LogP contribution in [0.25, 0.3) is 0 Å². The Morgan fingerprint density at radius 3 is 2.33 bits per heavy atom. The van der Waals surface area contributed by atoms with Gasteiger partial charge in [0.15, 0.2) is 0 Å². The van der Waals surface area contributed by atoms with Crippen LogP contribution in [0.1, 0.15) is 22.3 Å². The standard InChI is InChI=1S/C23H21Cl3N4O4S.C7H8/c1-30-9-8-15(13-30)28-22(31)17-4-2-3-5-21(17)34-23-20(10-14(24)12-27-23)29-35(32,33)16-6-7-18(25)19(26)11-16;1-7-5-3-2-4-6-7/h2-7,10-12,15,29H,8-9,13H2,1H3,(H,28,31);2-6H,1H3. The van der Waals surface area contributed by atoms with Crippen LogP contribution in [0.15, 0.2) is 90.0 Å². The molecule has 2 N–H and O–H groups in total. The molecule has 1 unspecified atom stereocenters. The van der Waals surface area contributed by atoms with Crippen molar-refractivity contribution in [1.82, 2.24) is 15.2 Å². The molecule has 0 bridgehead atoms. The molecular weight excluding hydrogens is 619 g/mol. The van der Waals surface area contributed by atoms with Crippen LogP contribution in [-0.2, 0) is 10.0 Å². The first-order chi connectivity index (χ1) is 20.0. The number of carbonyl (C=O) groups is 1. The fraction of sp³-hybridized carbons (Fsp3) is 0.200. The zero-order chi connectivity index (χ0) is 30.3. The number of aryl methyl sites for hydroxylation is 1. The minimum atomic E-state index is -4.09. The van der Waals surface area contributed by atoms with E-state index in [1.807, 2.05) is 25.2 Å². The highest BCUT2D eigenvalue weighted by atomic mass is 35.5. The number of halogens is 3. The van der Waals surface area contributed by atoms with Crippen molar-refractivity contribution in [3.8, 4) is 11.6 Å². The average molecular weight is 648 g/mol. The zero-order valence-electron chi connectivity index (χ0n) is 22.9. The van der Waals surface area contributed by atoms with Gasteiger partial charge in [-0.2, -0.15) is 0 Å². The van der Waals surface area contributed by atoms with Crippen molar-refractivity contribution in [3.05, 3.63) is 111 Å². The van der Waals surface area contributed by atoms with Gasteiger partial charge in [0.05, 0.1) is 25.5 Å². The minimum Gasteiger partial charge on any atom is -0.436 e. The van der Waals surface area contributed by atoms with Gasteiger partial charge in [-0.3, -0.25) is 9.52 Å². The molecule has 1 aliphatic rings. The van der Waals surface area contributed by atoms with Crippen molar-refractivity contribution in [2.24, 2.45) is 0 Å². The second-order valence-electron chi connectivity index (χ2n) is 9.66. The number of nitrogens with one attached hydrogen (secondary N) is 2. The maximum Gasteiger partial charge on any atom is 0.262 e. The van der Waals surface area contributed by atoms with E-state index in [1.54, 1.807) is 24.3 Å². The Morgan fingerprint density at radius 1 is 0.976 bits per heavy atom. The van der Waals surface area contributed by atoms with Crippen molar-refractivity contribution in [2.75, 3.05) is 24.9 Å². The number of nitrogens with zero attached hydrogens (tertiary/aromatic N) is 2. The molecule has 4 aromatic rings. The van der Waals surface area contributed by atoms with Crippen molar-refractivity contribution >= 4 is 56.4 Å². The summed E-state index contributed by atoms with van der Waals surface area (Å²) in [6.45, 7) is 3.74. The number of benzene rings is 3. The highest BCUT2D eigenvalue weighted by Gasteiger charge is 2.24. The summed E-state index contributed by atoms with van der Waals surface area (Å²) in [5.41, 5.74) is 1.59. The first kappa shape index (κ1) is 31.6. The molecule has 1 aliphatic heterocycles. The zero-order valence-corrected chi connectivity index (χ0v) is 25.9. The molecule has 12 heteroatoms. The number of rotatable bonds is 7. The number of carbonyl (C=O) groups excluding carboxylic acids is 1. The predicted molar refractivity (Wildman–Crippen MR) is 168 cm³/mol. The van der Waals surface area contributed by atoms with Crippen molar-refractivity contribution < 1.29 is 17.9 Å². The van der Waals surface area contributed by atoms with Gasteiger partial charge in [-0.25, -0.2) is 13.4 Å². The fourth-order valence-corrected chi connectivity index (χ4v) is 5.72. The average Bonchev–Trinajstić information content (AvgIpc) is 3.36. The lowest BCUT2D eigenvalue weighted by molar-refractivity contribution is 0.0936. The first-order valence-corrected chi connectivity index (χ1v) is 15.5. The van der Waals surface area contributed by atoms with E-state index < -0.39 is 10.0 Å². The van der Waals surface area contributed by atoms with E-state index in [1.165, 1.54) is 36.0 Å². The summed E-state index contributed by atoms with van der Waals surface area (Å²) in [5, 5.41) is 3.50. The molecule has 1 aromatic heterocycles. The van der Waals surface area contributed by atoms with Crippen molar-refractivity contribution in [1.29, 1.82) is 0 Å². The number of amides is 1. The van der Waals surface area contributed by atoms with Gasteiger partial charge in [-0.1, -0.05) is 82.8 Å². The van der Waals surface area contributed by atoms with Crippen LogP contribution in [0.5, 0.6) is 11.6 Å². The highest BCUT2D eigenvalue weighted by Crippen LogP contribution is 2.34. The number of aromatic nitrogens is 1. The van der Waals surface area contributed by atoms with Crippen LogP contribution >= 0.6 is 34.8 Å². The second-order valence-corrected chi connectivity index (χ2v) is 12.6. The molecule has 5 rings (SSSR count). The van der Waals surface area contributed by atoms with Gasteiger partial charge in [0, 0.05) is 18.8 Å². The Morgan fingerprint density at radius 2 is 1.69 bits per heavy atom. The lowest BCUT2D eigenvalue weighted by Crippen LogP contribution is -2.36. The van der Waals surface area contributed by atoms with Gasteiger partial charge in [-0.05, 0) is 63.3 Å². The Kier molecular flexibility index (Phi) is 10.7. The van der Waals surface area contributed by atoms with Gasteiger partial charge in [0.25, 0.3) is 15.9 Å². The molecule has 3 aromatic carbocycles. The third-order valence-corrected chi connectivity index (χ3v) is 8.58. The predicted octanol–water partition coefficient (Wildman–Crippen LogP) is 7.06. The first-order valence-electron chi connectivity index (χ1n) is 12.9. The molecule has 42 heavy (non-hydrogen) atoms. The molecule has 0 saturated carbocycles. The number of hydrogen-bond acceptors (Lipinski definition) is 6. The molecule has 8 nitrogen and oxygen atoms in total. The van der Waals surface area contributed by atoms with Gasteiger partial charge < -0.3 is 15.0 Å². The van der Waals surface area contributed by atoms with E-state index in [9.17, 15) is 13.2 Å². The lowest BCUT2D eigenvalue weighted by Gasteiger charge is -2.17. The fourth-order valence-electron chi connectivity index (χ4n) is 4.13. The van der Waals surface area contributed by atoms with Gasteiger partial charge in [-0.15, -0.1) is 0 Å². The number of hydrogen-bond donors (Lipinski definition) is 2. The van der Waals surface area contributed by atoms with Gasteiger partial charge in [0.2, 0.25) is 5.88 Å². The molecule has 1 atom stereocenters. The highest BCUT2D eigenvalue weighted by molar-refractivity contribution is 7.92. The SMILES string of the molecule is CN1CCC(NC(=O)c2ccccc2Oc2ncc(Cl)cc2NS(=O)(=O)c2ccc(Cl)c(Cl)c2)C1.Cc1ccccc1. The number of para-hydroxylation sites is 1. The molecule has 2 heterocycles. The van der Waals surface area contributed by atoms with E-state index in [2.05, 4.69) is 39.0 Å². The summed E-state index contributed by atoms with van der Waals surface area (Å²) in [7, 11) is -2.09. The summed E-state index contributed by atoms with van der Waals surface area (Å²) >= 11 is 17.9. The number of sulfonamides is 1. The van der Waals surface area contributed by atoms with Gasteiger partial charge in [0.1, 0.15) is 11.4 Å². The summed E-state index contributed by atoms with van der Waals surface area (Å²) in [5.74, 6) is -0.173. The number of likely N-dealkylation sites (N-methyl/N-ethyl adjacent to an activating group) is 1. The smallest absolute Gasteiger partial charge is 0.262 e. The van der Waals surface area contributed by atoms with Crippen LogP contribution in [-0.4, -0.2) is 50.4 Å². The Balaban J connectivity index is 0.000000507. The summed E-state index contributed by atoms with van der Waals surface area (Å²) < 4.78 is 34.3. The van der Waals surface area contributed by atoms with Crippen LogP contribution in [0.4, 0.5) is 5.69 Å². The van der Waals surface area contributed by atoms with Crippen LogP contribution in [0, 0.1) is 6.92 Å². The van der Waals surface area contributed by atoms with Crippen molar-refractivity contribution in [2.45, 2.75) is 24.3 Å². The van der Waals surface area contributed by atoms with E-state index in [4.69, 9.17) is 39.5 Å². The second kappa shape index (κ2) is 14.2. The minimum absolute atomic E-state index is 0.0174. The van der Waals surface area contributed by atoms with E-state index in [-0.39, 0.29) is 54.8 Å². The molecule has 1 saturated heterocycles. The third-order valence-electron chi connectivity index (χ3n) is 6.27. The molecule has 0 radical (unpaired) electrons. The van der Waals surface area contributed by atoms with Gasteiger partial charge >= 0.3 is 0 Å². The van der Waals surface area contributed by atoms with Crippen LogP contribution in [0.2, 0.25) is 15.1 Å². The molecule has 0 spiro atoms. The Bertz CT molecular complexity index is 1660. The summed E-state index contributed by atoms with van der Waals surface area (Å²) in [6, 6.07) is 22.2. The van der Waals surface area contributed by atoms with Crippen molar-refractivity contribution in [3.63, 3.8) is 0 Å². The van der Waals surface area contributed by atoms with E-state index >= 15 is 0 Å². The monoisotopic (exact) mass is 646 g/mol. The molecule has 220 valence electrons.